The summed E-state index contributed by atoms with van der Waals surface area (Å²) in [6, 6.07) is 8.54. The monoisotopic (exact) mass is 410 g/mol. The summed E-state index contributed by atoms with van der Waals surface area (Å²) in [4.78, 5) is 15.4. The van der Waals surface area contributed by atoms with E-state index in [1.54, 1.807) is 7.11 Å². The minimum absolute atomic E-state index is 0.133. The van der Waals surface area contributed by atoms with E-state index in [1.807, 2.05) is 17.0 Å². The summed E-state index contributed by atoms with van der Waals surface area (Å²) in [5, 5.41) is 8.47. The molecule has 1 fully saturated rings. The minimum Gasteiger partial charge on any atom is -0.497 e. The molecular formula is C24H34N4O2. The summed E-state index contributed by atoms with van der Waals surface area (Å²) < 4.78 is 7.39. The van der Waals surface area contributed by atoms with Crippen molar-refractivity contribution < 1.29 is 9.53 Å². The van der Waals surface area contributed by atoms with Gasteiger partial charge in [-0.2, -0.15) is 5.10 Å². The van der Waals surface area contributed by atoms with Gasteiger partial charge in [0.05, 0.1) is 7.11 Å². The molecule has 1 aliphatic carbocycles. The second-order valence-corrected chi connectivity index (χ2v) is 8.47. The fourth-order valence-corrected chi connectivity index (χ4v) is 4.76. The number of benzene rings is 1. The molecule has 0 saturated carbocycles. The molecular weight excluding hydrogens is 376 g/mol. The van der Waals surface area contributed by atoms with E-state index in [4.69, 9.17) is 9.84 Å². The first-order chi connectivity index (χ1) is 14.7. The number of ether oxygens (including phenoxy) is 1. The largest absolute Gasteiger partial charge is 0.497 e. The molecule has 2 aromatic rings. The molecule has 6 nitrogen and oxygen atoms in total. The van der Waals surface area contributed by atoms with Crippen LogP contribution in [0.3, 0.4) is 0 Å². The Kier molecular flexibility index (Phi) is 6.72. The van der Waals surface area contributed by atoms with E-state index >= 15 is 0 Å². The zero-order valence-electron chi connectivity index (χ0n) is 18.3. The van der Waals surface area contributed by atoms with Crippen LogP contribution < -0.4 is 10.1 Å². The van der Waals surface area contributed by atoms with Crippen molar-refractivity contribution in [1.82, 2.24) is 20.0 Å². The Morgan fingerprint density at radius 3 is 2.77 bits per heavy atom. The summed E-state index contributed by atoms with van der Waals surface area (Å²) in [6.45, 7) is 5.46. The second kappa shape index (κ2) is 9.65. The average Bonchev–Trinajstić information content (AvgIpc) is 2.95. The average molecular weight is 411 g/mol. The second-order valence-electron chi connectivity index (χ2n) is 8.47. The van der Waals surface area contributed by atoms with E-state index in [2.05, 4.69) is 29.1 Å². The molecule has 1 aliphatic heterocycles. The number of hydrogen-bond donors (Lipinski definition) is 1. The van der Waals surface area contributed by atoms with E-state index < -0.39 is 0 Å². The van der Waals surface area contributed by atoms with Crippen LogP contribution in [0.15, 0.2) is 24.3 Å². The van der Waals surface area contributed by atoms with E-state index in [1.165, 1.54) is 29.7 Å². The predicted molar refractivity (Wildman–Crippen MR) is 118 cm³/mol. The van der Waals surface area contributed by atoms with E-state index in [0.717, 1.165) is 64.0 Å². The van der Waals surface area contributed by atoms with Crippen molar-refractivity contribution in [3.05, 3.63) is 46.8 Å². The molecule has 2 aliphatic rings. The number of carbonyl (C=O) groups is 1. The maximum atomic E-state index is 13.3. The van der Waals surface area contributed by atoms with Gasteiger partial charge >= 0.3 is 0 Å². The number of aryl methyl sites for hydroxylation is 1. The number of amides is 1. The van der Waals surface area contributed by atoms with Crippen LogP contribution in [0.2, 0.25) is 0 Å². The topological polar surface area (TPSA) is 59.4 Å². The van der Waals surface area contributed by atoms with Crippen LogP contribution in [-0.4, -0.2) is 46.8 Å². The number of carbonyl (C=O) groups excluding carboxylic acids is 1. The van der Waals surface area contributed by atoms with Gasteiger partial charge in [-0.1, -0.05) is 25.0 Å². The molecule has 0 radical (unpaired) electrons. The van der Waals surface area contributed by atoms with Crippen molar-refractivity contribution in [2.45, 2.75) is 71.0 Å². The lowest BCUT2D eigenvalue weighted by Crippen LogP contribution is -2.36. The molecule has 0 bridgehead atoms. The molecule has 1 aromatic heterocycles. The fourth-order valence-electron chi connectivity index (χ4n) is 4.76. The molecule has 1 N–H and O–H groups in total. The highest BCUT2D eigenvalue weighted by Gasteiger charge is 2.31. The van der Waals surface area contributed by atoms with Gasteiger partial charge in [0, 0.05) is 43.5 Å². The number of rotatable bonds is 6. The Labute approximate surface area is 179 Å². The highest BCUT2D eigenvalue weighted by molar-refractivity contribution is 5.94. The lowest BCUT2D eigenvalue weighted by atomic mass is 9.91. The van der Waals surface area contributed by atoms with E-state index in [0.29, 0.717) is 11.7 Å². The highest BCUT2D eigenvalue weighted by Crippen LogP contribution is 2.27. The molecule has 162 valence electrons. The van der Waals surface area contributed by atoms with E-state index in [9.17, 15) is 4.79 Å². The van der Waals surface area contributed by atoms with Crippen LogP contribution >= 0.6 is 0 Å². The third kappa shape index (κ3) is 4.53. The number of nitrogens with one attached hydrogen (secondary N) is 1. The fraction of sp³-hybridized carbons (Fsp3) is 0.583. The van der Waals surface area contributed by atoms with Gasteiger partial charge in [0.15, 0.2) is 5.69 Å². The lowest BCUT2D eigenvalue weighted by Gasteiger charge is -2.25. The summed E-state index contributed by atoms with van der Waals surface area (Å²) >= 11 is 0. The van der Waals surface area contributed by atoms with Gasteiger partial charge < -0.3 is 15.0 Å². The van der Waals surface area contributed by atoms with Crippen LogP contribution in [0.25, 0.3) is 0 Å². The maximum absolute atomic E-state index is 13.3. The lowest BCUT2D eigenvalue weighted by molar-refractivity contribution is 0.0753. The molecule has 1 aromatic carbocycles. The van der Waals surface area contributed by atoms with Crippen molar-refractivity contribution in [3.63, 3.8) is 0 Å². The zero-order chi connectivity index (χ0) is 20.9. The zero-order valence-corrected chi connectivity index (χ0v) is 18.3. The van der Waals surface area contributed by atoms with Crippen LogP contribution in [0.1, 0.15) is 66.3 Å². The molecule has 4 rings (SSSR count). The van der Waals surface area contributed by atoms with Gasteiger partial charge in [0.25, 0.3) is 5.91 Å². The van der Waals surface area contributed by atoms with Crippen LogP contribution in [0.4, 0.5) is 0 Å². The summed E-state index contributed by atoms with van der Waals surface area (Å²) in [6.07, 6.45) is 7.57. The molecule has 0 unspecified atom stereocenters. The first-order valence-corrected chi connectivity index (χ1v) is 11.4. The Hall–Kier alpha value is -2.34. The van der Waals surface area contributed by atoms with Gasteiger partial charge in [-0.15, -0.1) is 0 Å². The molecule has 1 amide bonds. The van der Waals surface area contributed by atoms with Gasteiger partial charge in [-0.3, -0.25) is 9.48 Å². The molecule has 2 heterocycles. The standard InChI is InChI=1S/C24H34N4O2/c1-3-28-22-12-11-19(25-17-18-9-8-10-20(15-18)30-2)16-21(22)23(26-28)24(29)27-13-6-4-5-7-14-27/h8-10,15,19,25H,3-7,11-14,16-17H2,1-2H3/t19-/m1/s1. The Morgan fingerprint density at radius 1 is 1.23 bits per heavy atom. The van der Waals surface area contributed by atoms with Crippen LogP contribution in [0, 0.1) is 0 Å². The normalized spacial score (nSPS) is 19.3. The Bertz CT molecular complexity index is 868. The summed E-state index contributed by atoms with van der Waals surface area (Å²) in [5.41, 5.74) is 4.34. The minimum atomic E-state index is 0.133. The quantitative estimate of drug-likeness (QED) is 0.791. The van der Waals surface area contributed by atoms with Gasteiger partial charge in [0.2, 0.25) is 0 Å². The molecule has 30 heavy (non-hydrogen) atoms. The van der Waals surface area contributed by atoms with Crippen molar-refractivity contribution >= 4 is 5.91 Å². The van der Waals surface area contributed by atoms with E-state index in [-0.39, 0.29) is 5.91 Å². The van der Waals surface area contributed by atoms with Crippen molar-refractivity contribution in [3.8, 4) is 5.75 Å². The third-order valence-corrected chi connectivity index (χ3v) is 6.47. The first-order valence-electron chi connectivity index (χ1n) is 11.4. The van der Waals surface area contributed by atoms with Crippen LogP contribution in [0.5, 0.6) is 5.75 Å². The highest BCUT2D eigenvalue weighted by atomic mass is 16.5. The van der Waals surface area contributed by atoms with Crippen molar-refractivity contribution in [2.24, 2.45) is 0 Å². The number of nitrogens with zero attached hydrogens (tertiary/aromatic N) is 3. The van der Waals surface area contributed by atoms with Gasteiger partial charge in [-0.25, -0.2) is 0 Å². The molecule has 1 saturated heterocycles. The maximum Gasteiger partial charge on any atom is 0.274 e. The van der Waals surface area contributed by atoms with Gasteiger partial charge in [-0.05, 0) is 56.7 Å². The first kappa shape index (κ1) is 20.9. The van der Waals surface area contributed by atoms with Crippen molar-refractivity contribution in [2.75, 3.05) is 20.2 Å². The van der Waals surface area contributed by atoms with Crippen LogP contribution in [-0.2, 0) is 25.9 Å². The van der Waals surface area contributed by atoms with Crippen molar-refractivity contribution in [1.29, 1.82) is 0 Å². The number of methoxy groups -OCH3 is 1. The molecule has 6 heteroatoms. The number of likely N-dealkylation sites (tertiary alicyclic amines) is 1. The smallest absolute Gasteiger partial charge is 0.274 e. The third-order valence-electron chi connectivity index (χ3n) is 6.47. The number of hydrogen-bond acceptors (Lipinski definition) is 4. The SMILES string of the molecule is CCn1nc(C(=O)N2CCCCCC2)c2c1CC[C@@H](NCc1cccc(OC)c1)C2. The number of fused-ring (bicyclic) bond motifs is 1. The van der Waals surface area contributed by atoms with Gasteiger partial charge in [0.1, 0.15) is 5.75 Å². The molecule has 0 spiro atoms. The summed E-state index contributed by atoms with van der Waals surface area (Å²) in [7, 11) is 1.70. The Balaban J connectivity index is 1.48. The molecule has 1 atom stereocenters. The Morgan fingerprint density at radius 2 is 2.03 bits per heavy atom. The number of aromatic nitrogens is 2. The predicted octanol–water partition coefficient (Wildman–Crippen LogP) is 3.57. The summed E-state index contributed by atoms with van der Waals surface area (Å²) in [5.74, 6) is 1.02.